The van der Waals surface area contributed by atoms with Gasteiger partial charge in [-0.25, -0.2) is 8.78 Å². The molecule has 138 valence electrons. The number of carbonyl (C=O) groups is 2. The number of halogens is 3. The fraction of sp³-hybridized carbons (Fsp3) is 0.263. The Morgan fingerprint density at radius 3 is 2.23 bits per heavy atom. The molecule has 0 aliphatic heterocycles. The molecule has 26 heavy (non-hydrogen) atoms. The molecule has 2 aromatic carbocycles. The second-order valence-electron chi connectivity index (χ2n) is 6.10. The Labute approximate surface area is 155 Å². The Kier molecular flexibility index (Phi) is 6.69. The molecule has 1 unspecified atom stereocenters. The third-order valence-corrected chi connectivity index (χ3v) is 4.21. The highest BCUT2D eigenvalue weighted by Crippen LogP contribution is 2.15. The fourth-order valence-corrected chi connectivity index (χ4v) is 2.60. The molecule has 0 spiro atoms. The van der Waals surface area contributed by atoms with Crippen LogP contribution in [0.15, 0.2) is 42.5 Å². The lowest BCUT2D eigenvalue weighted by atomic mass is 10.0. The van der Waals surface area contributed by atoms with E-state index in [1.165, 1.54) is 0 Å². The molecule has 2 rings (SSSR count). The van der Waals surface area contributed by atoms with E-state index in [9.17, 15) is 18.4 Å². The molecule has 4 nitrogen and oxygen atoms in total. The number of rotatable bonds is 6. The van der Waals surface area contributed by atoms with Gasteiger partial charge in [0.2, 0.25) is 5.91 Å². The highest BCUT2D eigenvalue weighted by atomic mass is 35.5. The average molecular weight is 381 g/mol. The lowest BCUT2D eigenvalue weighted by Gasteiger charge is -2.22. The van der Waals surface area contributed by atoms with Gasteiger partial charge in [0, 0.05) is 11.6 Å². The number of hydrogen-bond acceptors (Lipinski definition) is 2. The molecule has 0 saturated heterocycles. The number of carbonyl (C=O) groups excluding carboxylic acids is 2. The molecular weight excluding hydrogens is 362 g/mol. The summed E-state index contributed by atoms with van der Waals surface area (Å²) in [6.45, 7) is 3.61. The molecule has 0 aliphatic rings. The van der Waals surface area contributed by atoms with Gasteiger partial charge >= 0.3 is 0 Å². The van der Waals surface area contributed by atoms with Crippen LogP contribution >= 0.6 is 11.6 Å². The van der Waals surface area contributed by atoms with Crippen molar-refractivity contribution in [3.8, 4) is 0 Å². The molecule has 0 bridgehead atoms. The maximum absolute atomic E-state index is 13.8. The number of nitrogens with one attached hydrogen (secondary N) is 2. The molecule has 0 saturated carbocycles. The van der Waals surface area contributed by atoms with Gasteiger partial charge in [0.25, 0.3) is 5.91 Å². The number of hydrogen-bond donors (Lipinski definition) is 2. The zero-order valence-electron chi connectivity index (χ0n) is 14.4. The van der Waals surface area contributed by atoms with Crippen LogP contribution in [0.5, 0.6) is 0 Å². The summed E-state index contributed by atoms with van der Waals surface area (Å²) < 4.78 is 27.5. The molecule has 2 N–H and O–H groups in total. The lowest BCUT2D eigenvalue weighted by Crippen LogP contribution is -2.49. The topological polar surface area (TPSA) is 58.2 Å². The molecule has 0 fully saturated rings. The standard InChI is InChI=1S/C19H19ClF2N2O2/c1-11(2)17(19(26)23-10-12-6-3-4-7-13(12)20)24-18(25)16-14(21)8-5-9-15(16)22/h3-9,11,17H,10H2,1-2H3,(H,23,26)(H,24,25). The number of amides is 2. The van der Waals surface area contributed by atoms with Crippen LogP contribution in [0.1, 0.15) is 29.8 Å². The van der Waals surface area contributed by atoms with Crippen molar-refractivity contribution in [1.82, 2.24) is 10.6 Å². The van der Waals surface area contributed by atoms with Gasteiger partial charge < -0.3 is 10.6 Å². The molecule has 7 heteroatoms. The third-order valence-electron chi connectivity index (χ3n) is 3.84. The van der Waals surface area contributed by atoms with E-state index in [0.717, 1.165) is 23.8 Å². The van der Waals surface area contributed by atoms with Gasteiger partial charge in [0.05, 0.1) is 0 Å². The van der Waals surface area contributed by atoms with Gasteiger partial charge in [0.15, 0.2) is 0 Å². The monoisotopic (exact) mass is 380 g/mol. The summed E-state index contributed by atoms with van der Waals surface area (Å²) in [6, 6.07) is 9.21. The van der Waals surface area contributed by atoms with Crippen LogP contribution in [0, 0.1) is 17.6 Å². The van der Waals surface area contributed by atoms with Crippen molar-refractivity contribution < 1.29 is 18.4 Å². The van der Waals surface area contributed by atoms with Crippen LogP contribution in [0.3, 0.4) is 0 Å². The summed E-state index contributed by atoms with van der Waals surface area (Å²) >= 11 is 6.04. The largest absolute Gasteiger partial charge is 0.350 e. The van der Waals surface area contributed by atoms with Crippen LogP contribution in [-0.4, -0.2) is 17.9 Å². The molecule has 0 aromatic heterocycles. The third kappa shape index (κ3) is 4.79. The van der Waals surface area contributed by atoms with E-state index in [-0.39, 0.29) is 12.5 Å². The Morgan fingerprint density at radius 1 is 1.04 bits per heavy atom. The van der Waals surface area contributed by atoms with E-state index in [0.29, 0.717) is 5.02 Å². The summed E-state index contributed by atoms with van der Waals surface area (Å²) in [5.41, 5.74) is 0.00792. The van der Waals surface area contributed by atoms with Crippen molar-refractivity contribution in [2.45, 2.75) is 26.4 Å². The SMILES string of the molecule is CC(C)C(NC(=O)c1c(F)cccc1F)C(=O)NCc1ccccc1Cl. The lowest BCUT2D eigenvalue weighted by molar-refractivity contribution is -0.124. The molecule has 0 heterocycles. The maximum atomic E-state index is 13.8. The highest BCUT2D eigenvalue weighted by molar-refractivity contribution is 6.31. The second kappa shape index (κ2) is 8.76. The maximum Gasteiger partial charge on any atom is 0.257 e. The Balaban J connectivity index is 2.09. The zero-order chi connectivity index (χ0) is 19.3. The van der Waals surface area contributed by atoms with E-state index in [1.54, 1.807) is 38.1 Å². The molecule has 1 atom stereocenters. The summed E-state index contributed by atoms with van der Waals surface area (Å²) in [5.74, 6) is -3.71. The summed E-state index contributed by atoms with van der Waals surface area (Å²) in [6.07, 6.45) is 0. The Hall–Kier alpha value is -2.47. The van der Waals surface area contributed by atoms with Gasteiger partial charge in [-0.2, -0.15) is 0 Å². The van der Waals surface area contributed by atoms with E-state index in [2.05, 4.69) is 10.6 Å². The van der Waals surface area contributed by atoms with Crippen molar-refractivity contribution in [2.24, 2.45) is 5.92 Å². The Morgan fingerprint density at radius 2 is 1.65 bits per heavy atom. The van der Waals surface area contributed by atoms with E-state index < -0.39 is 35.1 Å². The molecular formula is C19H19ClF2N2O2. The molecule has 2 aromatic rings. The quantitative estimate of drug-likeness (QED) is 0.803. The van der Waals surface area contributed by atoms with Crippen LogP contribution in [0.2, 0.25) is 5.02 Å². The normalized spacial score (nSPS) is 11.9. The van der Waals surface area contributed by atoms with Crippen molar-refractivity contribution >= 4 is 23.4 Å². The first-order valence-electron chi connectivity index (χ1n) is 8.07. The van der Waals surface area contributed by atoms with Crippen LogP contribution < -0.4 is 10.6 Å². The van der Waals surface area contributed by atoms with E-state index in [1.807, 2.05) is 0 Å². The van der Waals surface area contributed by atoms with Crippen molar-refractivity contribution in [1.29, 1.82) is 0 Å². The first-order valence-corrected chi connectivity index (χ1v) is 8.45. The van der Waals surface area contributed by atoms with Crippen molar-refractivity contribution in [3.05, 3.63) is 70.2 Å². The smallest absolute Gasteiger partial charge is 0.257 e. The van der Waals surface area contributed by atoms with Gasteiger partial charge in [0.1, 0.15) is 23.2 Å². The summed E-state index contributed by atoms with van der Waals surface area (Å²) in [5, 5.41) is 5.59. The van der Waals surface area contributed by atoms with Crippen LogP contribution in [-0.2, 0) is 11.3 Å². The fourth-order valence-electron chi connectivity index (χ4n) is 2.40. The van der Waals surface area contributed by atoms with Gasteiger partial charge in [-0.15, -0.1) is 0 Å². The minimum Gasteiger partial charge on any atom is -0.350 e. The van der Waals surface area contributed by atoms with Gasteiger partial charge in [-0.3, -0.25) is 9.59 Å². The molecule has 0 radical (unpaired) electrons. The highest BCUT2D eigenvalue weighted by Gasteiger charge is 2.27. The predicted molar refractivity (Wildman–Crippen MR) is 95.7 cm³/mol. The van der Waals surface area contributed by atoms with Gasteiger partial charge in [-0.1, -0.05) is 49.7 Å². The van der Waals surface area contributed by atoms with Crippen molar-refractivity contribution in [3.63, 3.8) is 0 Å². The average Bonchev–Trinajstić information content (AvgIpc) is 2.58. The van der Waals surface area contributed by atoms with Crippen LogP contribution in [0.25, 0.3) is 0 Å². The first kappa shape index (κ1) is 19.8. The Bertz CT molecular complexity index is 792. The van der Waals surface area contributed by atoms with Crippen LogP contribution in [0.4, 0.5) is 8.78 Å². The van der Waals surface area contributed by atoms with E-state index in [4.69, 9.17) is 11.6 Å². The summed E-state index contributed by atoms with van der Waals surface area (Å²) in [4.78, 5) is 24.7. The first-order chi connectivity index (χ1) is 12.3. The number of benzene rings is 2. The molecule has 0 aliphatic carbocycles. The zero-order valence-corrected chi connectivity index (χ0v) is 15.1. The second-order valence-corrected chi connectivity index (χ2v) is 6.51. The van der Waals surface area contributed by atoms with E-state index >= 15 is 0 Å². The minimum atomic E-state index is -0.985. The predicted octanol–water partition coefficient (Wildman–Crippen LogP) is 3.69. The molecule has 2 amide bonds. The minimum absolute atomic E-state index is 0.172. The van der Waals surface area contributed by atoms with Gasteiger partial charge in [-0.05, 0) is 29.7 Å². The summed E-state index contributed by atoms with van der Waals surface area (Å²) in [7, 11) is 0. The van der Waals surface area contributed by atoms with Crippen molar-refractivity contribution in [2.75, 3.05) is 0 Å².